The second kappa shape index (κ2) is 8.75. The van der Waals surface area contributed by atoms with Crippen LogP contribution in [0.3, 0.4) is 0 Å². The molecule has 1 amide bonds. The molecule has 8 nitrogen and oxygen atoms in total. The van der Waals surface area contributed by atoms with E-state index in [2.05, 4.69) is 10.3 Å². The Morgan fingerprint density at radius 1 is 1.00 bits per heavy atom. The highest BCUT2D eigenvalue weighted by molar-refractivity contribution is 5.94. The number of aromatic nitrogens is 2. The summed E-state index contributed by atoms with van der Waals surface area (Å²) in [5.41, 5.74) is 0.0885. The Balaban J connectivity index is 1.40. The molecule has 2 saturated heterocycles. The van der Waals surface area contributed by atoms with Gasteiger partial charge in [0, 0.05) is 30.9 Å². The third-order valence-corrected chi connectivity index (χ3v) is 5.60. The SMILES string of the molecule is O=C(c1cccc(-n2ccc(=O)[nH]c2=O)c1)N1CCC(OC2CCNCC2)CC1. The van der Waals surface area contributed by atoms with Crippen molar-refractivity contribution in [2.75, 3.05) is 26.2 Å². The molecule has 154 valence electrons. The molecule has 2 fully saturated rings. The van der Waals surface area contributed by atoms with Crippen molar-refractivity contribution < 1.29 is 9.53 Å². The molecule has 29 heavy (non-hydrogen) atoms. The van der Waals surface area contributed by atoms with Crippen LogP contribution >= 0.6 is 0 Å². The first-order valence-corrected chi connectivity index (χ1v) is 10.2. The molecule has 0 unspecified atom stereocenters. The third-order valence-electron chi connectivity index (χ3n) is 5.60. The fourth-order valence-electron chi connectivity index (χ4n) is 3.99. The highest BCUT2D eigenvalue weighted by atomic mass is 16.5. The average Bonchev–Trinajstić information content (AvgIpc) is 2.75. The van der Waals surface area contributed by atoms with Gasteiger partial charge in [-0.3, -0.25) is 19.1 Å². The lowest BCUT2D eigenvalue weighted by Crippen LogP contribution is -2.43. The number of hydrogen-bond donors (Lipinski definition) is 2. The molecular formula is C21H26N4O4. The van der Waals surface area contributed by atoms with Gasteiger partial charge in [-0.1, -0.05) is 6.07 Å². The largest absolute Gasteiger partial charge is 0.375 e. The van der Waals surface area contributed by atoms with Gasteiger partial charge in [0.1, 0.15) is 0 Å². The average molecular weight is 398 g/mol. The number of likely N-dealkylation sites (tertiary alicyclic amines) is 1. The van der Waals surface area contributed by atoms with E-state index in [0.29, 0.717) is 30.4 Å². The predicted molar refractivity (Wildman–Crippen MR) is 109 cm³/mol. The maximum atomic E-state index is 13.0. The van der Waals surface area contributed by atoms with Gasteiger partial charge in [-0.05, 0) is 57.0 Å². The molecule has 0 aliphatic carbocycles. The Labute approximate surface area is 168 Å². The van der Waals surface area contributed by atoms with Gasteiger partial charge in [0.25, 0.3) is 11.5 Å². The van der Waals surface area contributed by atoms with Crippen molar-refractivity contribution in [3.8, 4) is 5.69 Å². The molecule has 2 aliphatic rings. The number of amides is 1. The molecule has 2 aliphatic heterocycles. The van der Waals surface area contributed by atoms with Gasteiger partial charge in [-0.2, -0.15) is 0 Å². The zero-order chi connectivity index (χ0) is 20.2. The van der Waals surface area contributed by atoms with E-state index in [0.717, 1.165) is 38.8 Å². The summed E-state index contributed by atoms with van der Waals surface area (Å²) >= 11 is 0. The number of benzene rings is 1. The second-order valence-electron chi connectivity index (χ2n) is 7.61. The van der Waals surface area contributed by atoms with Crippen LogP contribution in [0, 0.1) is 0 Å². The van der Waals surface area contributed by atoms with Crippen LogP contribution in [-0.2, 0) is 4.74 Å². The number of hydrogen-bond acceptors (Lipinski definition) is 5. The van der Waals surface area contributed by atoms with E-state index >= 15 is 0 Å². The monoisotopic (exact) mass is 398 g/mol. The van der Waals surface area contributed by atoms with Crippen LogP contribution in [0.2, 0.25) is 0 Å². The van der Waals surface area contributed by atoms with Crippen molar-refractivity contribution >= 4 is 5.91 Å². The number of piperidine rings is 2. The molecule has 8 heteroatoms. The number of carbonyl (C=O) groups is 1. The van der Waals surface area contributed by atoms with E-state index in [9.17, 15) is 14.4 Å². The Hall–Kier alpha value is -2.71. The second-order valence-corrected chi connectivity index (χ2v) is 7.61. The zero-order valence-corrected chi connectivity index (χ0v) is 16.3. The molecule has 0 radical (unpaired) electrons. The molecule has 2 N–H and O–H groups in total. The maximum Gasteiger partial charge on any atom is 0.332 e. The number of H-pyrrole nitrogens is 1. The van der Waals surface area contributed by atoms with Crippen LogP contribution in [0.1, 0.15) is 36.0 Å². The Kier molecular flexibility index (Phi) is 5.92. The molecule has 2 aromatic rings. The minimum atomic E-state index is -0.530. The van der Waals surface area contributed by atoms with Crippen LogP contribution < -0.4 is 16.6 Å². The van der Waals surface area contributed by atoms with Gasteiger partial charge in [0.15, 0.2) is 0 Å². The van der Waals surface area contributed by atoms with Crippen LogP contribution in [0.15, 0.2) is 46.1 Å². The summed E-state index contributed by atoms with van der Waals surface area (Å²) < 4.78 is 7.54. The molecular weight excluding hydrogens is 372 g/mol. The smallest absolute Gasteiger partial charge is 0.332 e. The number of nitrogens with zero attached hydrogens (tertiary/aromatic N) is 2. The summed E-state index contributed by atoms with van der Waals surface area (Å²) in [5.74, 6) is -0.0513. The molecule has 0 bridgehead atoms. The van der Waals surface area contributed by atoms with Gasteiger partial charge in [0.05, 0.1) is 17.9 Å². The maximum absolute atomic E-state index is 13.0. The molecule has 1 aromatic carbocycles. The summed E-state index contributed by atoms with van der Waals surface area (Å²) in [5, 5.41) is 3.34. The van der Waals surface area contributed by atoms with E-state index in [-0.39, 0.29) is 12.0 Å². The van der Waals surface area contributed by atoms with Gasteiger partial charge in [-0.25, -0.2) is 4.79 Å². The first-order valence-electron chi connectivity index (χ1n) is 10.2. The minimum Gasteiger partial charge on any atom is -0.375 e. The Morgan fingerprint density at radius 2 is 1.72 bits per heavy atom. The van der Waals surface area contributed by atoms with Crippen molar-refractivity contribution in [2.24, 2.45) is 0 Å². The topological polar surface area (TPSA) is 96.4 Å². The van der Waals surface area contributed by atoms with Gasteiger partial charge < -0.3 is 15.0 Å². The third kappa shape index (κ3) is 4.65. The Morgan fingerprint density at radius 3 is 2.45 bits per heavy atom. The summed E-state index contributed by atoms with van der Waals surface area (Å²) in [7, 11) is 0. The lowest BCUT2D eigenvalue weighted by atomic mass is 10.0. The molecule has 3 heterocycles. The van der Waals surface area contributed by atoms with Gasteiger partial charge in [-0.15, -0.1) is 0 Å². The summed E-state index contributed by atoms with van der Waals surface area (Å²) in [4.78, 5) is 40.3. The fraction of sp³-hybridized carbons (Fsp3) is 0.476. The minimum absolute atomic E-state index is 0.0513. The summed E-state index contributed by atoms with van der Waals surface area (Å²) in [6.45, 7) is 3.35. The van der Waals surface area contributed by atoms with Gasteiger partial charge in [0.2, 0.25) is 0 Å². The Bertz CT molecular complexity index is 969. The van der Waals surface area contributed by atoms with E-state index < -0.39 is 11.2 Å². The highest BCUT2D eigenvalue weighted by Crippen LogP contribution is 2.21. The summed E-state index contributed by atoms with van der Waals surface area (Å²) in [6.07, 6.45) is 5.74. The number of carbonyl (C=O) groups excluding carboxylic acids is 1. The van der Waals surface area contributed by atoms with Crippen LogP contribution in [0.25, 0.3) is 5.69 Å². The molecule has 4 rings (SSSR count). The zero-order valence-electron chi connectivity index (χ0n) is 16.3. The van der Waals surface area contributed by atoms with Crippen molar-refractivity contribution in [3.05, 3.63) is 62.9 Å². The van der Waals surface area contributed by atoms with Crippen LogP contribution in [0.5, 0.6) is 0 Å². The molecule has 0 saturated carbocycles. The highest BCUT2D eigenvalue weighted by Gasteiger charge is 2.26. The number of ether oxygens (including phenoxy) is 1. The van der Waals surface area contributed by atoms with E-state index in [1.165, 1.54) is 16.8 Å². The summed E-state index contributed by atoms with van der Waals surface area (Å²) in [6, 6.07) is 8.19. The van der Waals surface area contributed by atoms with Crippen molar-refractivity contribution in [1.82, 2.24) is 19.8 Å². The molecule has 1 aromatic heterocycles. The standard InChI is InChI=1S/C21H26N4O4/c26-19-8-13-25(21(28)23-19)16-3-1-2-15(14-16)20(27)24-11-6-18(7-12-24)29-17-4-9-22-10-5-17/h1-3,8,13-14,17-18,22H,4-7,9-12H2,(H,23,26,28). The lowest BCUT2D eigenvalue weighted by molar-refractivity contribution is -0.0499. The first-order chi connectivity index (χ1) is 14.1. The van der Waals surface area contributed by atoms with Crippen molar-refractivity contribution in [3.63, 3.8) is 0 Å². The van der Waals surface area contributed by atoms with E-state index in [1.54, 1.807) is 24.3 Å². The number of aromatic amines is 1. The molecule has 0 atom stereocenters. The predicted octanol–water partition coefficient (Wildman–Crippen LogP) is 0.899. The normalized spacial score (nSPS) is 18.7. The van der Waals surface area contributed by atoms with Crippen LogP contribution in [0.4, 0.5) is 0 Å². The quantitative estimate of drug-likeness (QED) is 0.798. The van der Waals surface area contributed by atoms with Crippen LogP contribution in [-0.4, -0.2) is 58.7 Å². The number of nitrogens with one attached hydrogen (secondary N) is 2. The van der Waals surface area contributed by atoms with Crippen molar-refractivity contribution in [1.29, 1.82) is 0 Å². The van der Waals surface area contributed by atoms with E-state index in [1.807, 2.05) is 4.90 Å². The van der Waals surface area contributed by atoms with E-state index in [4.69, 9.17) is 4.74 Å². The van der Waals surface area contributed by atoms with Gasteiger partial charge >= 0.3 is 5.69 Å². The first kappa shape index (κ1) is 19.6. The molecule has 0 spiro atoms. The van der Waals surface area contributed by atoms with Crippen molar-refractivity contribution in [2.45, 2.75) is 37.9 Å². The fourth-order valence-corrected chi connectivity index (χ4v) is 3.99. The lowest BCUT2D eigenvalue weighted by Gasteiger charge is -2.35. The number of rotatable bonds is 4.